The molecule has 6 heteroatoms. The van der Waals surface area contributed by atoms with E-state index in [-0.39, 0.29) is 5.91 Å². The van der Waals surface area contributed by atoms with Crippen molar-refractivity contribution in [3.63, 3.8) is 0 Å². The van der Waals surface area contributed by atoms with Gasteiger partial charge in [-0.3, -0.25) is 4.79 Å². The van der Waals surface area contributed by atoms with Crippen molar-refractivity contribution in [2.75, 3.05) is 12.3 Å². The smallest absolute Gasteiger partial charge is 0.230 e. The molecule has 1 fully saturated rings. The van der Waals surface area contributed by atoms with E-state index in [0.717, 1.165) is 28.9 Å². The van der Waals surface area contributed by atoms with Crippen LogP contribution in [0.1, 0.15) is 18.5 Å². The maximum Gasteiger partial charge on any atom is 0.230 e. The SMILES string of the molecule is O=C(CSCc1csc(-c2ccsc2)n1)NCC1CC1. The highest BCUT2D eigenvalue weighted by Gasteiger charge is 2.21. The second kappa shape index (κ2) is 6.74. The molecule has 2 heterocycles. The van der Waals surface area contributed by atoms with E-state index in [0.29, 0.717) is 5.75 Å². The van der Waals surface area contributed by atoms with Crippen molar-refractivity contribution in [1.29, 1.82) is 0 Å². The van der Waals surface area contributed by atoms with Crippen LogP contribution < -0.4 is 5.32 Å². The van der Waals surface area contributed by atoms with Crippen molar-refractivity contribution in [2.45, 2.75) is 18.6 Å². The molecule has 1 N–H and O–H groups in total. The van der Waals surface area contributed by atoms with Gasteiger partial charge in [0, 0.05) is 28.6 Å². The molecule has 0 spiro atoms. The average Bonchev–Trinajstić information content (AvgIpc) is 2.92. The Labute approximate surface area is 130 Å². The molecule has 1 amide bonds. The van der Waals surface area contributed by atoms with Gasteiger partial charge in [0.2, 0.25) is 5.91 Å². The van der Waals surface area contributed by atoms with E-state index in [1.807, 2.05) is 0 Å². The minimum absolute atomic E-state index is 0.148. The van der Waals surface area contributed by atoms with Crippen LogP contribution >= 0.6 is 34.4 Å². The van der Waals surface area contributed by atoms with Gasteiger partial charge in [-0.15, -0.1) is 23.1 Å². The Balaban J connectivity index is 1.40. The summed E-state index contributed by atoms with van der Waals surface area (Å²) >= 11 is 4.99. The first kappa shape index (κ1) is 14.1. The zero-order valence-corrected chi connectivity index (χ0v) is 13.5. The Morgan fingerprint density at radius 2 is 2.35 bits per heavy atom. The molecule has 0 saturated heterocycles. The molecule has 0 radical (unpaired) electrons. The summed E-state index contributed by atoms with van der Waals surface area (Å²) < 4.78 is 0. The number of hydrogen-bond donors (Lipinski definition) is 1. The largest absolute Gasteiger partial charge is 0.355 e. The number of carbonyl (C=O) groups excluding carboxylic acids is 1. The second-order valence-corrected chi connectivity index (χ2v) is 7.52. The summed E-state index contributed by atoms with van der Waals surface area (Å²) in [5.74, 6) is 2.22. The van der Waals surface area contributed by atoms with Crippen molar-refractivity contribution in [3.05, 3.63) is 27.9 Å². The third-order valence-corrected chi connectivity index (χ3v) is 5.68. The Morgan fingerprint density at radius 1 is 1.45 bits per heavy atom. The highest BCUT2D eigenvalue weighted by molar-refractivity contribution is 7.99. The fraction of sp³-hybridized carbons (Fsp3) is 0.429. The maximum atomic E-state index is 11.6. The Morgan fingerprint density at radius 3 is 3.10 bits per heavy atom. The first-order valence-corrected chi connectivity index (χ1v) is 9.60. The van der Waals surface area contributed by atoms with Gasteiger partial charge in [-0.1, -0.05) is 0 Å². The topological polar surface area (TPSA) is 42.0 Å². The van der Waals surface area contributed by atoms with Crippen LogP contribution in [0.25, 0.3) is 10.6 Å². The summed E-state index contributed by atoms with van der Waals surface area (Å²) in [6, 6.07) is 2.09. The van der Waals surface area contributed by atoms with Gasteiger partial charge in [-0.25, -0.2) is 4.98 Å². The molecule has 2 aromatic heterocycles. The van der Waals surface area contributed by atoms with Crippen LogP contribution in [0.5, 0.6) is 0 Å². The monoisotopic (exact) mass is 324 g/mol. The molecule has 0 unspecified atom stereocenters. The molecule has 2 aromatic rings. The van der Waals surface area contributed by atoms with Gasteiger partial charge < -0.3 is 5.32 Å². The quantitative estimate of drug-likeness (QED) is 0.845. The number of hydrogen-bond acceptors (Lipinski definition) is 5. The molecule has 1 aliphatic carbocycles. The highest BCUT2D eigenvalue weighted by Crippen LogP contribution is 2.28. The van der Waals surface area contributed by atoms with Gasteiger partial charge >= 0.3 is 0 Å². The van der Waals surface area contributed by atoms with Crippen molar-refractivity contribution in [1.82, 2.24) is 10.3 Å². The molecule has 0 aromatic carbocycles. The van der Waals surface area contributed by atoms with Crippen LogP contribution in [0.2, 0.25) is 0 Å². The van der Waals surface area contributed by atoms with E-state index in [9.17, 15) is 4.79 Å². The molecule has 0 atom stereocenters. The fourth-order valence-electron chi connectivity index (χ4n) is 1.77. The third kappa shape index (κ3) is 4.07. The number of thiazole rings is 1. The molecule has 0 aliphatic heterocycles. The lowest BCUT2D eigenvalue weighted by molar-refractivity contribution is -0.118. The predicted octanol–water partition coefficient (Wildman–Crippen LogP) is 3.63. The van der Waals surface area contributed by atoms with Crippen LogP contribution in [0.15, 0.2) is 22.2 Å². The zero-order chi connectivity index (χ0) is 13.8. The van der Waals surface area contributed by atoms with E-state index < -0.39 is 0 Å². The summed E-state index contributed by atoms with van der Waals surface area (Å²) in [7, 11) is 0. The lowest BCUT2D eigenvalue weighted by Gasteiger charge is -2.02. The van der Waals surface area contributed by atoms with Crippen molar-refractivity contribution in [3.8, 4) is 10.6 Å². The van der Waals surface area contributed by atoms with Gasteiger partial charge in [0.15, 0.2) is 0 Å². The van der Waals surface area contributed by atoms with E-state index in [4.69, 9.17) is 0 Å². The normalized spacial score (nSPS) is 14.4. The Kier molecular flexibility index (Phi) is 4.75. The average molecular weight is 324 g/mol. The number of carbonyl (C=O) groups is 1. The van der Waals surface area contributed by atoms with E-state index in [1.54, 1.807) is 34.4 Å². The van der Waals surface area contributed by atoms with Gasteiger partial charge in [-0.2, -0.15) is 11.3 Å². The number of rotatable bonds is 7. The molecular weight excluding hydrogens is 308 g/mol. The zero-order valence-electron chi connectivity index (χ0n) is 11.0. The number of nitrogens with one attached hydrogen (secondary N) is 1. The van der Waals surface area contributed by atoms with Crippen molar-refractivity contribution >= 4 is 40.3 Å². The van der Waals surface area contributed by atoms with E-state index >= 15 is 0 Å². The molecule has 3 rings (SSSR count). The summed E-state index contributed by atoms with van der Waals surface area (Å²) in [6.45, 7) is 0.860. The van der Waals surface area contributed by atoms with Gasteiger partial charge in [0.25, 0.3) is 0 Å². The number of thiophene rings is 1. The van der Waals surface area contributed by atoms with E-state index in [2.05, 4.69) is 32.5 Å². The van der Waals surface area contributed by atoms with Crippen LogP contribution in [0, 0.1) is 5.92 Å². The lowest BCUT2D eigenvalue weighted by atomic mass is 10.4. The summed E-state index contributed by atoms with van der Waals surface area (Å²) in [6.07, 6.45) is 2.55. The second-order valence-electron chi connectivity index (χ2n) is 4.90. The molecule has 0 bridgehead atoms. The lowest BCUT2D eigenvalue weighted by Crippen LogP contribution is -2.27. The number of thioether (sulfide) groups is 1. The third-order valence-electron chi connectivity index (χ3n) is 3.09. The summed E-state index contributed by atoms with van der Waals surface area (Å²) in [5, 5.41) is 10.3. The van der Waals surface area contributed by atoms with Crippen LogP contribution in [-0.4, -0.2) is 23.2 Å². The fourth-order valence-corrected chi connectivity index (χ4v) is 4.16. The summed E-state index contributed by atoms with van der Waals surface area (Å²) in [5.41, 5.74) is 2.26. The number of amides is 1. The van der Waals surface area contributed by atoms with Gasteiger partial charge in [0.05, 0.1) is 11.4 Å². The number of nitrogens with zero attached hydrogens (tertiary/aromatic N) is 1. The standard InChI is InChI=1S/C14H16N2OS3/c17-13(15-5-10-1-2-10)9-19-7-12-8-20-14(16-12)11-3-4-18-6-11/h3-4,6,8,10H,1-2,5,7,9H2,(H,15,17). The molecule has 20 heavy (non-hydrogen) atoms. The molecule has 1 saturated carbocycles. The van der Waals surface area contributed by atoms with Crippen LogP contribution in [0.4, 0.5) is 0 Å². The summed E-state index contributed by atoms with van der Waals surface area (Å²) in [4.78, 5) is 16.2. The maximum absolute atomic E-state index is 11.6. The molecule has 3 nitrogen and oxygen atoms in total. The first-order valence-electron chi connectivity index (χ1n) is 6.62. The van der Waals surface area contributed by atoms with Gasteiger partial charge in [0.1, 0.15) is 5.01 Å². The van der Waals surface area contributed by atoms with Crippen molar-refractivity contribution in [2.24, 2.45) is 5.92 Å². The van der Waals surface area contributed by atoms with Crippen LogP contribution in [-0.2, 0) is 10.5 Å². The highest BCUT2D eigenvalue weighted by atomic mass is 32.2. The van der Waals surface area contributed by atoms with Gasteiger partial charge in [-0.05, 0) is 30.2 Å². The van der Waals surface area contributed by atoms with Crippen molar-refractivity contribution < 1.29 is 4.79 Å². The number of aromatic nitrogens is 1. The van der Waals surface area contributed by atoms with E-state index in [1.165, 1.54) is 18.4 Å². The molecular formula is C14H16N2OS3. The predicted molar refractivity (Wildman–Crippen MR) is 87.3 cm³/mol. The molecule has 1 aliphatic rings. The first-order chi connectivity index (χ1) is 9.81. The Bertz CT molecular complexity index is 561. The minimum atomic E-state index is 0.148. The van der Waals surface area contributed by atoms with Crippen LogP contribution in [0.3, 0.4) is 0 Å². The minimum Gasteiger partial charge on any atom is -0.355 e. The molecule has 106 valence electrons. The Hall–Kier alpha value is -0.850.